The first-order valence-corrected chi connectivity index (χ1v) is 14.8. The number of aliphatic hydroxyl groups excluding tert-OH is 1. The van der Waals surface area contributed by atoms with Crippen LogP contribution in [0.4, 0.5) is 0 Å². The molecule has 210 valence electrons. The Balaban J connectivity index is 1.34. The second-order valence-corrected chi connectivity index (χ2v) is 12.2. The van der Waals surface area contributed by atoms with E-state index in [9.17, 15) is 9.90 Å². The number of ether oxygens (including phenoxy) is 1. The summed E-state index contributed by atoms with van der Waals surface area (Å²) in [5.74, 6) is 2.97. The molecule has 0 spiro atoms. The van der Waals surface area contributed by atoms with Crippen molar-refractivity contribution in [1.82, 2.24) is 19.0 Å². The lowest BCUT2D eigenvalue weighted by molar-refractivity contribution is 0.0677. The molecule has 2 aromatic carbocycles. The van der Waals surface area contributed by atoms with Gasteiger partial charge in [0.15, 0.2) is 5.82 Å². The number of piperidine rings is 1. The Kier molecular flexibility index (Phi) is 6.35. The average Bonchev–Trinajstić information content (AvgIpc) is 3.62. The lowest BCUT2D eigenvalue weighted by Crippen LogP contribution is -2.42. The molecule has 2 aliphatic carbocycles. The van der Waals surface area contributed by atoms with Gasteiger partial charge in [0.25, 0.3) is 5.91 Å². The third kappa shape index (κ3) is 4.29. The maximum absolute atomic E-state index is 13.6. The summed E-state index contributed by atoms with van der Waals surface area (Å²) in [5, 5.41) is 11.2. The zero-order valence-corrected chi connectivity index (χ0v) is 23.5. The number of hydrogen-bond acceptors (Lipinski definition) is 5. The molecule has 40 heavy (non-hydrogen) atoms. The molecule has 1 saturated heterocycles. The molecule has 3 N–H and O–H groups in total. The van der Waals surface area contributed by atoms with Crippen LogP contribution < -0.4 is 10.5 Å². The molecule has 8 nitrogen and oxygen atoms in total. The molecular formula is C32H39N5O3. The number of carbonyl (C=O) groups excluding carboxylic acids is 1. The van der Waals surface area contributed by atoms with Gasteiger partial charge in [-0.2, -0.15) is 0 Å². The topological polar surface area (TPSA) is 98.5 Å². The third-order valence-corrected chi connectivity index (χ3v) is 9.41. The second kappa shape index (κ2) is 9.93. The van der Waals surface area contributed by atoms with Crippen LogP contribution in [0.5, 0.6) is 5.75 Å². The van der Waals surface area contributed by atoms with Crippen molar-refractivity contribution in [3.05, 3.63) is 47.5 Å². The molecule has 4 aromatic rings. The fourth-order valence-electron chi connectivity index (χ4n) is 6.90. The van der Waals surface area contributed by atoms with E-state index in [1.54, 1.807) is 7.11 Å². The number of aliphatic hydroxyl groups is 1. The number of imidazole rings is 1. The summed E-state index contributed by atoms with van der Waals surface area (Å²) < 4.78 is 10.4. The first kappa shape index (κ1) is 25.6. The van der Waals surface area contributed by atoms with Crippen LogP contribution in [0.15, 0.2) is 36.4 Å². The van der Waals surface area contributed by atoms with E-state index in [1.165, 1.54) is 29.3 Å². The number of methoxy groups -OCH3 is 1. The fraction of sp³-hybridized carbons (Fsp3) is 0.500. The van der Waals surface area contributed by atoms with Gasteiger partial charge in [-0.1, -0.05) is 18.2 Å². The van der Waals surface area contributed by atoms with Gasteiger partial charge in [-0.05, 0) is 86.6 Å². The molecule has 1 amide bonds. The van der Waals surface area contributed by atoms with Crippen LogP contribution >= 0.6 is 0 Å². The van der Waals surface area contributed by atoms with Gasteiger partial charge in [0.1, 0.15) is 11.3 Å². The number of rotatable bonds is 7. The molecule has 1 atom stereocenters. The summed E-state index contributed by atoms with van der Waals surface area (Å²) in [6, 6.07) is 12.6. The number of hydrogen-bond donors (Lipinski definition) is 2. The standard InChI is InChI=1S/C32H39N5O3/c1-35-30-26(13-23(15-28(30)40-2)32(39)36-10-4-5-20(16-33)17-36)34-31(35)27-14-21-6-3-7-25(22-11-24(38)12-22)29(21)37(27)18-19-8-9-19/h3,6-7,13-15,19-20,22,24,38H,4-5,8-12,16-18,33H2,1-2H3/t20-,22?,24?/m0/s1. The van der Waals surface area contributed by atoms with E-state index in [4.69, 9.17) is 15.5 Å². The lowest BCUT2D eigenvalue weighted by Gasteiger charge is -2.32. The van der Waals surface area contributed by atoms with Gasteiger partial charge in [0, 0.05) is 37.6 Å². The quantitative estimate of drug-likeness (QED) is 0.355. The highest BCUT2D eigenvalue weighted by Crippen LogP contribution is 2.44. The molecule has 3 aliphatic rings. The Morgan fingerprint density at radius 1 is 1.12 bits per heavy atom. The van der Waals surface area contributed by atoms with E-state index < -0.39 is 0 Å². The minimum atomic E-state index is -0.193. The number of nitrogens with zero attached hydrogens (tertiary/aromatic N) is 4. The molecule has 7 rings (SSSR count). The van der Waals surface area contributed by atoms with Gasteiger partial charge in [0.05, 0.1) is 29.9 Å². The number of fused-ring (bicyclic) bond motifs is 2. The van der Waals surface area contributed by atoms with Gasteiger partial charge in [-0.25, -0.2) is 4.98 Å². The number of likely N-dealkylation sites (tertiary alicyclic amines) is 1. The summed E-state index contributed by atoms with van der Waals surface area (Å²) in [5.41, 5.74) is 11.9. The van der Waals surface area contributed by atoms with Crippen molar-refractivity contribution in [2.45, 2.75) is 57.1 Å². The van der Waals surface area contributed by atoms with E-state index in [0.29, 0.717) is 42.2 Å². The first-order valence-electron chi connectivity index (χ1n) is 14.8. The Morgan fingerprint density at radius 3 is 2.67 bits per heavy atom. The summed E-state index contributed by atoms with van der Waals surface area (Å²) in [4.78, 5) is 20.6. The number of carbonyl (C=O) groups is 1. The Bertz CT molecular complexity index is 1590. The normalized spacial score (nSPS) is 23.1. The summed E-state index contributed by atoms with van der Waals surface area (Å²) in [6.45, 7) is 3.02. The van der Waals surface area contributed by atoms with Gasteiger partial charge >= 0.3 is 0 Å². The highest BCUT2D eigenvalue weighted by Gasteiger charge is 2.33. The SMILES string of the molecule is COc1cc(C(=O)N2CCC[C@@H](CN)C2)cc2nc(-c3cc4cccc(C5CC(O)C5)c4n3CC3CC3)n(C)c12. The van der Waals surface area contributed by atoms with E-state index in [1.807, 2.05) is 24.1 Å². The van der Waals surface area contributed by atoms with Gasteiger partial charge < -0.3 is 29.6 Å². The molecule has 2 aromatic heterocycles. The predicted octanol–water partition coefficient (Wildman–Crippen LogP) is 4.66. The summed E-state index contributed by atoms with van der Waals surface area (Å²) in [7, 11) is 3.69. The van der Waals surface area contributed by atoms with Crippen molar-refractivity contribution in [3.8, 4) is 17.3 Å². The van der Waals surface area contributed by atoms with Crippen molar-refractivity contribution in [2.75, 3.05) is 26.7 Å². The molecule has 3 fully saturated rings. The Labute approximate surface area is 234 Å². The smallest absolute Gasteiger partial charge is 0.254 e. The predicted molar refractivity (Wildman–Crippen MR) is 157 cm³/mol. The highest BCUT2D eigenvalue weighted by atomic mass is 16.5. The van der Waals surface area contributed by atoms with Crippen LogP contribution in [-0.2, 0) is 13.6 Å². The average molecular weight is 542 g/mol. The number of aromatic nitrogens is 3. The van der Waals surface area contributed by atoms with Crippen molar-refractivity contribution >= 4 is 27.8 Å². The molecule has 0 radical (unpaired) electrons. The van der Waals surface area contributed by atoms with Gasteiger partial charge in [-0.15, -0.1) is 0 Å². The first-order chi connectivity index (χ1) is 19.4. The highest BCUT2D eigenvalue weighted by molar-refractivity contribution is 6.00. The summed E-state index contributed by atoms with van der Waals surface area (Å²) >= 11 is 0. The molecule has 1 aliphatic heterocycles. The van der Waals surface area contributed by atoms with Crippen molar-refractivity contribution in [1.29, 1.82) is 0 Å². The molecule has 0 bridgehead atoms. The van der Waals surface area contributed by atoms with E-state index in [0.717, 1.165) is 61.3 Å². The molecule has 0 unspecified atom stereocenters. The number of benzene rings is 2. The van der Waals surface area contributed by atoms with Crippen LogP contribution in [0, 0.1) is 11.8 Å². The molecular weight excluding hydrogens is 502 g/mol. The zero-order valence-electron chi connectivity index (χ0n) is 23.5. The van der Waals surface area contributed by atoms with Crippen LogP contribution in [0.2, 0.25) is 0 Å². The van der Waals surface area contributed by atoms with Crippen LogP contribution in [0.3, 0.4) is 0 Å². The van der Waals surface area contributed by atoms with Crippen molar-refractivity contribution in [3.63, 3.8) is 0 Å². The fourth-order valence-corrected chi connectivity index (χ4v) is 6.90. The monoisotopic (exact) mass is 541 g/mol. The minimum Gasteiger partial charge on any atom is -0.494 e. The third-order valence-electron chi connectivity index (χ3n) is 9.41. The van der Waals surface area contributed by atoms with Crippen LogP contribution in [0.25, 0.3) is 33.5 Å². The van der Waals surface area contributed by atoms with E-state index >= 15 is 0 Å². The molecule has 8 heteroatoms. The maximum Gasteiger partial charge on any atom is 0.254 e. The van der Waals surface area contributed by atoms with Crippen LogP contribution in [0.1, 0.15) is 60.4 Å². The number of aryl methyl sites for hydroxylation is 1. The zero-order chi connectivity index (χ0) is 27.5. The Hall–Kier alpha value is -3.36. The minimum absolute atomic E-state index is 0.0146. The van der Waals surface area contributed by atoms with E-state index in [-0.39, 0.29) is 12.0 Å². The number of amides is 1. The van der Waals surface area contributed by atoms with Crippen molar-refractivity contribution < 1.29 is 14.6 Å². The van der Waals surface area contributed by atoms with Gasteiger partial charge in [-0.3, -0.25) is 4.79 Å². The number of nitrogens with two attached hydrogens (primary N) is 1. The molecule has 3 heterocycles. The molecule has 2 saturated carbocycles. The van der Waals surface area contributed by atoms with E-state index in [2.05, 4.69) is 33.4 Å². The van der Waals surface area contributed by atoms with Gasteiger partial charge in [0.2, 0.25) is 0 Å². The Morgan fingerprint density at radius 2 is 1.95 bits per heavy atom. The van der Waals surface area contributed by atoms with Crippen LogP contribution in [-0.4, -0.2) is 62.9 Å². The maximum atomic E-state index is 13.6. The van der Waals surface area contributed by atoms with Crippen molar-refractivity contribution in [2.24, 2.45) is 24.6 Å². The summed E-state index contributed by atoms with van der Waals surface area (Å²) in [6.07, 6.45) is 6.03. The largest absolute Gasteiger partial charge is 0.494 e. The lowest BCUT2D eigenvalue weighted by atomic mass is 9.77. The number of para-hydroxylation sites is 1. The second-order valence-electron chi connectivity index (χ2n) is 12.2.